The van der Waals surface area contributed by atoms with Crippen LogP contribution in [0, 0.1) is 0 Å². The van der Waals surface area contributed by atoms with E-state index in [1.54, 1.807) is 26.8 Å². The number of benzene rings is 1. The van der Waals surface area contributed by atoms with Gasteiger partial charge in [-0.3, -0.25) is 4.84 Å². The van der Waals surface area contributed by atoms with Crippen molar-refractivity contribution in [2.75, 3.05) is 13.7 Å². The van der Waals surface area contributed by atoms with E-state index in [0.717, 1.165) is 10.6 Å². The van der Waals surface area contributed by atoms with E-state index in [2.05, 4.69) is 6.58 Å². The van der Waals surface area contributed by atoms with Crippen molar-refractivity contribution in [2.24, 2.45) is 0 Å². The standard InChI is InChI=1S/C17H25NO4/c1-6-15(13-21-12-14-10-8-7-9-11-14)18(20-5)16(19)22-17(2,3)4/h6-11,15H,1,12-13H2,2-5H3/t15-/m1/s1. The summed E-state index contributed by atoms with van der Waals surface area (Å²) in [6.45, 7) is 9.85. The molecule has 0 spiro atoms. The quantitative estimate of drug-likeness (QED) is 0.571. The van der Waals surface area contributed by atoms with E-state index in [4.69, 9.17) is 14.3 Å². The van der Waals surface area contributed by atoms with Crippen LogP contribution in [0.2, 0.25) is 0 Å². The first-order valence-electron chi connectivity index (χ1n) is 7.18. The summed E-state index contributed by atoms with van der Waals surface area (Å²) >= 11 is 0. The van der Waals surface area contributed by atoms with Crippen LogP contribution in [0.5, 0.6) is 0 Å². The van der Waals surface area contributed by atoms with E-state index in [0.29, 0.717) is 6.61 Å². The summed E-state index contributed by atoms with van der Waals surface area (Å²) in [6.07, 6.45) is 1.03. The first kappa shape index (κ1) is 18.2. The van der Waals surface area contributed by atoms with Gasteiger partial charge in [0.1, 0.15) is 11.6 Å². The summed E-state index contributed by atoms with van der Waals surface area (Å²) < 4.78 is 10.9. The molecule has 22 heavy (non-hydrogen) atoms. The number of nitrogens with zero attached hydrogens (tertiary/aromatic N) is 1. The largest absolute Gasteiger partial charge is 0.442 e. The number of carbonyl (C=O) groups excluding carboxylic acids is 1. The first-order valence-corrected chi connectivity index (χ1v) is 7.18. The Bertz CT molecular complexity index is 467. The molecule has 0 aliphatic heterocycles. The Morgan fingerprint density at radius 1 is 1.32 bits per heavy atom. The predicted octanol–water partition coefficient (Wildman–Crippen LogP) is 3.56. The Morgan fingerprint density at radius 2 is 1.95 bits per heavy atom. The topological polar surface area (TPSA) is 48.0 Å². The second kappa shape index (κ2) is 8.56. The van der Waals surface area contributed by atoms with Gasteiger partial charge in [0.25, 0.3) is 0 Å². The van der Waals surface area contributed by atoms with Crippen molar-refractivity contribution in [2.45, 2.75) is 39.0 Å². The van der Waals surface area contributed by atoms with E-state index in [-0.39, 0.29) is 6.61 Å². The molecule has 5 heteroatoms. The van der Waals surface area contributed by atoms with Crippen LogP contribution >= 0.6 is 0 Å². The highest BCUT2D eigenvalue weighted by Gasteiger charge is 2.27. The van der Waals surface area contributed by atoms with Crippen molar-refractivity contribution >= 4 is 6.09 Å². The predicted molar refractivity (Wildman–Crippen MR) is 85.2 cm³/mol. The van der Waals surface area contributed by atoms with Gasteiger partial charge < -0.3 is 9.47 Å². The van der Waals surface area contributed by atoms with E-state index in [1.165, 1.54) is 7.11 Å². The highest BCUT2D eigenvalue weighted by Crippen LogP contribution is 2.13. The third-order valence-corrected chi connectivity index (χ3v) is 2.74. The van der Waals surface area contributed by atoms with Gasteiger partial charge >= 0.3 is 6.09 Å². The average molecular weight is 307 g/mol. The van der Waals surface area contributed by atoms with Crippen LogP contribution in [0.25, 0.3) is 0 Å². The lowest BCUT2D eigenvalue weighted by molar-refractivity contribution is -0.150. The number of carbonyl (C=O) groups is 1. The maximum atomic E-state index is 12.1. The first-order chi connectivity index (χ1) is 10.4. The van der Waals surface area contributed by atoms with Crippen LogP contribution in [0.3, 0.4) is 0 Å². The van der Waals surface area contributed by atoms with Gasteiger partial charge in [0.2, 0.25) is 0 Å². The average Bonchev–Trinajstić information content (AvgIpc) is 2.45. The fraction of sp³-hybridized carbons (Fsp3) is 0.471. The summed E-state index contributed by atoms with van der Waals surface area (Å²) in [6, 6.07) is 9.38. The smallest absolute Gasteiger partial charge is 0.435 e. The number of hydrogen-bond donors (Lipinski definition) is 0. The van der Waals surface area contributed by atoms with Crippen molar-refractivity contribution in [1.82, 2.24) is 5.06 Å². The Morgan fingerprint density at radius 3 is 2.45 bits per heavy atom. The van der Waals surface area contributed by atoms with Gasteiger partial charge in [0, 0.05) is 0 Å². The van der Waals surface area contributed by atoms with Gasteiger partial charge in [0.05, 0.1) is 20.3 Å². The Hall–Kier alpha value is -1.85. The van der Waals surface area contributed by atoms with Crippen LogP contribution in [0.1, 0.15) is 26.3 Å². The van der Waals surface area contributed by atoms with Crippen molar-refractivity contribution < 1.29 is 19.1 Å². The maximum Gasteiger partial charge on any atom is 0.435 e. The molecular weight excluding hydrogens is 282 g/mol. The van der Waals surface area contributed by atoms with Gasteiger partial charge in [-0.25, -0.2) is 4.79 Å². The molecule has 1 rings (SSSR count). The molecule has 0 fully saturated rings. The van der Waals surface area contributed by atoms with Crippen molar-refractivity contribution in [1.29, 1.82) is 0 Å². The Balaban J connectivity index is 2.56. The molecule has 0 saturated carbocycles. The second-order valence-corrected chi connectivity index (χ2v) is 5.79. The molecule has 1 amide bonds. The Labute approximate surface area is 132 Å². The molecule has 1 atom stereocenters. The number of amides is 1. The van der Waals surface area contributed by atoms with Crippen molar-refractivity contribution in [3.63, 3.8) is 0 Å². The number of hydrogen-bond acceptors (Lipinski definition) is 4. The van der Waals surface area contributed by atoms with Crippen LogP contribution in [-0.4, -0.2) is 36.5 Å². The van der Waals surface area contributed by atoms with Gasteiger partial charge in [-0.05, 0) is 26.3 Å². The summed E-state index contributed by atoms with van der Waals surface area (Å²) in [5.41, 5.74) is 0.469. The highest BCUT2D eigenvalue weighted by molar-refractivity contribution is 5.67. The molecule has 0 aromatic heterocycles. The monoisotopic (exact) mass is 307 g/mol. The Kier molecular flexibility index (Phi) is 7.08. The molecule has 122 valence electrons. The minimum Gasteiger partial charge on any atom is -0.442 e. The zero-order valence-corrected chi connectivity index (χ0v) is 13.7. The molecule has 0 aliphatic carbocycles. The van der Waals surface area contributed by atoms with Gasteiger partial charge in [-0.15, -0.1) is 6.58 Å². The van der Waals surface area contributed by atoms with Crippen LogP contribution in [0.4, 0.5) is 4.79 Å². The van der Waals surface area contributed by atoms with E-state index in [1.807, 2.05) is 30.3 Å². The second-order valence-electron chi connectivity index (χ2n) is 5.79. The molecule has 5 nitrogen and oxygen atoms in total. The third kappa shape index (κ3) is 6.28. The van der Waals surface area contributed by atoms with Gasteiger partial charge in [0.15, 0.2) is 0 Å². The van der Waals surface area contributed by atoms with Crippen LogP contribution < -0.4 is 0 Å². The van der Waals surface area contributed by atoms with Gasteiger partial charge in [-0.1, -0.05) is 36.4 Å². The molecule has 1 aromatic rings. The lowest BCUT2D eigenvalue weighted by atomic mass is 10.2. The number of hydroxylamine groups is 2. The number of rotatable bonds is 7. The summed E-state index contributed by atoms with van der Waals surface area (Å²) in [7, 11) is 1.41. The fourth-order valence-electron chi connectivity index (χ4n) is 1.76. The van der Waals surface area contributed by atoms with E-state index >= 15 is 0 Å². The SMILES string of the molecule is C=C[C@H](COCc1ccccc1)N(OC)C(=O)OC(C)(C)C. The maximum absolute atomic E-state index is 12.1. The molecule has 0 aliphatic rings. The summed E-state index contributed by atoms with van der Waals surface area (Å²) in [5, 5.41) is 1.13. The van der Waals surface area contributed by atoms with Gasteiger partial charge in [-0.2, -0.15) is 5.06 Å². The highest BCUT2D eigenvalue weighted by atomic mass is 16.7. The zero-order chi connectivity index (χ0) is 16.6. The molecule has 0 heterocycles. The molecule has 0 bridgehead atoms. The van der Waals surface area contributed by atoms with E-state index in [9.17, 15) is 4.79 Å². The number of ether oxygens (including phenoxy) is 2. The summed E-state index contributed by atoms with van der Waals surface area (Å²) in [4.78, 5) is 17.2. The molecular formula is C17H25NO4. The van der Waals surface area contributed by atoms with Crippen molar-refractivity contribution in [3.8, 4) is 0 Å². The third-order valence-electron chi connectivity index (χ3n) is 2.74. The van der Waals surface area contributed by atoms with Crippen LogP contribution in [-0.2, 0) is 20.9 Å². The summed E-state index contributed by atoms with van der Waals surface area (Å²) in [5.74, 6) is 0. The lowest BCUT2D eigenvalue weighted by Crippen LogP contribution is -2.43. The molecule has 0 radical (unpaired) electrons. The van der Waals surface area contributed by atoms with Crippen LogP contribution in [0.15, 0.2) is 43.0 Å². The molecule has 1 aromatic carbocycles. The normalized spacial score (nSPS) is 12.5. The minimum absolute atomic E-state index is 0.269. The minimum atomic E-state index is -0.593. The fourth-order valence-corrected chi connectivity index (χ4v) is 1.76. The van der Waals surface area contributed by atoms with Crippen molar-refractivity contribution in [3.05, 3.63) is 48.6 Å². The zero-order valence-electron chi connectivity index (χ0n) is 13.7. The molecule has 0 unspecified atom stereocenters. The molecule has 0 N–H and O–H groups in total. The lowest BCUT2D eigenvalue weighted by Gasteiger charge is -2.29. The molecule has 0 saturated heterocycles. The van der Waals surface area contributed by atoms with E-state index < -0.39 is 17.7 Å².